The van der Waals surface area contributed by atoms with E-state index in [-0.39, 0.29) is 5.54 Å². The summed E-state index contributed by atoms with van der Waals surface area (Å²) in [6.07, 6.45) is 5.70. The summed E-state index contributed by atoms with van der Waals surface area (Å²) in [5.74, 6) is 2.33. The van der Waals surface area contributed by atoms with E-state index in [0.717, 1.165) is 36.7 Å². The van der Waals surface area contributed by atoms with Crippen LogP contribution < -0.4 is 15.2 Å². The zero-order valence-corrected chi connectivity index (χ0v) is 12.0. The molecular weight excluding hydrogens is 238 g/mol. The van der Waals surface area contributed by atoms with Crippen molar-refractivity contribution in [3.63, 3.8) is 0 Å². The van der Waals surface area contributed by atoms with E-state index in [1.54, 1.807) is 7.11 Å². The minimum Gasteiger partial charge on any atom is -0.493 e. The van der Waals surface area contributed by atoms with Crippen molar-refractivity contribution in [3.8, 4) is 11.5 Å². The van der Waals surface area contributed by atoms with E-state index in [2.05, 4.69) is 6.92 Å². The SMILES string of the molecule is COc1ccccc1OCCC1(N)CCCC(C)C1. The van der Waals surface area contributed by atoms with E-state index in [4.69, 9.17) is 15.2 Å². The highest BCUT2D eigenvalue weighted by atomic mass is 16.5. The fraction of sp³-hybridized carbons (Fsp3) is 0.625. The average Bonchev–Trinajstić information content (AvgIpc) is 2.39. The number of benzene rings is 1. The third-order valence-electron chi connectivity index (χ3n) is 4.05. The van der Waals surface area contributed by atoms with Crippen LogP contribution in [0.25, 0.3) is 0 Å². The summed E-state index contributed by atoms with van der Waals surface area (Å²) in [7, 11) is 1.66. The number of rotatable bonds is 5. The summed E-state index contributed by atoms with van der Waals surface area (Å²) in [5.41, 5.74) is 6.43. The number of para-hydroxylation sites is 2. The molecule has 2 rings (SSSR count). The molecule has 3 heteroatoms. The highest BCUT2D eigenvalue weighted by molar-refractivity contribution is 5.39. The molecule has 2 atom stereocenters. The maximum Gasteiger partial charge on any atom is 0.161 e. The molecule has 0 bridgehead atoms. The van der Waals surface area contributed by atoms with Crippen LogP contribution in [-0.4, -0.2) is 19.3 Å². The maximum atomic E-state index is 6.47. The van der Waals surface area contributed by atoms with Crippen molar-refractivity contribution >= 4 is 0 Å². The van der Waals surface area contributed by atoms with Gasteiger partial charge in [-0.2, -0.15) is 0 Å². The molecular formula is C16H25NO2. The lowest BCUT2D eigenvalue weighted by Crippen LogP contribution is -2.45. The lowest BCUT2D eigenvalue weighted by molar-refractivity contribution is 0.182. The third kappa shape index (κ3) is 3.87. The van der Waals surface area contributed by atoms with Crippen molar-refractivity contribution in [3.05, 3.63) is 24.3 Å². The van der Waals surface area contributed by atoms with Crippen LogP contribution in [0.2, 0.25) is 0 Å². The first-order valence-electron chi connectivity index (χ1n) is 7.18. The fourth-order valence-electron chi connectivity index (χ4n) is 3.03. The molecule has 1 aliphatic carbocycles. The van der Waals surface area contributed by atoms with Crippen molar-refractivity contribution in [1.29, 1.82) is 0 Å². The van der Waals surface area contributed by atoms with Gasteiger partial charge in [-0.15, -0.1) is 0 Å². The Hall–Kier alpha value is -1.22. The number of hydrogen-bond acceptors (Lipinski definition) is 3. The number of methoxy groups -OCH3 is 1. The fourth-order valence-corrected chi connectivity index (χ4v) is 3.03. The molecule has 0 heterocycles. The molecule has 19 heavy (non-hydrogen) atoms. The van der Waals surface area contributed by atoms with Gasteiger partial charge in [-0.1, -0.05) is 31.9 Å². The molecule has 1 fully saturated rings. The molecule has 2 N–H and O–H groups in total. The maximum absolute atomic E-state index is 6.47. The molecule has 1 aliphatic rings. The van der Waals surface area contributed by atoms with Gasteiger partial charge in [0.1, 0.15) is 0 Å². The normalized spacial score (nSPS) is 27.0. The Bertz CT molecular complexity index is 407. The molecule has 0 spiro atoms. The molecule has 0 radical (unpaired) electrons. The summed E-state index contributed by atoms with van der Waals surface area (Å²) in [5, 5.41) is 0. The van der Waals surface area contributed by atoms with Gasteiger partial charge in [0.2, 0.25) is 0 Å². The molecule has 2 unspecified atom stereocenters. The molecule has 0 saturated heterocycles. The standard InChI is InChI=1S/C16H25NO2/c1-13-6-5-9-16(17,12-13)10-11-19-15-8-4-3-7-14(15)18-2/h3-4,7-8,13H,5-6,9-12,17H2,1-2H3. The van der Waals surface area contributed by atoms with Gasteiger partial charge in [-0.3, -0.25) is 0 Å². The topological polar surface area (TPSA) is 44.5 Å². The third-order valence-corrected chi connectivity index (χ3v) is 4.05. The van der Waals surface area contributed by atoms with Crippen LogP contribution in [0.4, 0.5) is 0 Å². The van der Waals surface area contributed by atoms with Crippen LogP contribution in [0.1, 0.15) is 39.0 Å². The van der Waals surface area contributed by atoms with Gasteiger partial charge >= 0.3 is 0 Å². The van der Waals surface area contributed by atoms with E-state index in [1.807, 2.05) is 24.3 Å². The van der Waals surface area contributed by atoms with Crippen LogP contribution in [0.15, 0.2) is 24.3 Å². The Morgan fingerprint density at radius 1 is 1.32 bits per heavy atom. The van der Waals surface area contributed by atoms with E-state index < -0.39 is 0 Å². The summed E-state index contributed by atoms with van der Waals surface area (Å²) in [6, 6.07) is 7.75. The zero-order chi connectivity index (χ0) is 13.7. The smallest absolute Gasteiger partial charge is 0.161 e. The largest absolute Gasteiger partial charge is 0.493 e. The molecule has 106 valence electrons. The Morgan fingerprint density at radius 2 is 2.05 bits per heavy atom. The van der Waals surface area contributed by atoms with Crippen LogP contribution in [-0.2, 0) is 0 Å². The minimum absolute atomic E-state index is 0.0420. The highest BCUT2D eigenvalue weighted by Crippen LogP contribution is 2.33. The number of ether oxygens (including phenoxy) is 2. The molecule has 1 saturated carbocycles. The highest BCUT2D eigenvalue weighted by Gasteiger charge is 2.30. The van der Waals surface area contributed by atoms with Crippen LogP contribution in [0, 0.1) is 5.92 Å². The van der Waals surface area contributed by atoms with Gasteiger partial charge in [0.05, 0.1) is 13.7 Å². The van der Waals surface area contributed by atoms with Crippen molar-refractivity contribution in [1.82, 2.24) is 0 Å². The second kappa shape index (κ2) is 6.29. The van der Waals surface area contributed by atoms with Crippen LogP contribution in [0.5, 0.6) is 11.5 Å². The van der Waals surface area contributed by atoms with Gasteiger partial charge in [-0.05, 0) is 37.3 Å². The quantitative estimate of drug-likeness (QED) is 0.885. The first kappa shape index (κ1) is 14.2. The summed E-state index contributed by atoms with van der Waals surface area (Å²) in [6.45, 7) is 2.95. The zero-order valence-electron chi connectivity index (χ0n) is 12.0. The second-order valence-electron chi connectivity index (χ2n) is 5.81. The Labute approximate surface area is 116 Å². The molecule has 0 amide bonds. The van der Waals surface area contributed by atoms with Crippen molar-refractivity contribution in [2.24, 2.45) is 11.7 Å². The average molecular weight is 263 g/mol. The molecule has 1 aromatic carbocycles. The van der Waals surface area contributed by atoms with Crippen molar-refractivity contribution < 1.29 is 9.47 Å². The van der Waals surface area contributed by atoms with Crippen LogP contribution in [0.3, 0.4) is 0 Å². The lowest BCUT2D eigenvalue weighted by Gasteiger charge is -2.36. The molecule has 0 aliphatic heterocycles. The van der Waals surface area contributed by atoms with Gasteiger partial charge in [-0.25, -0.2) is 0 Å². The Morgan fingerprint density at radius 3 is 2.74 bits per heavy atom. The van der Waals surface area contributed by atoms with Crippen LogP contribution >= 0.6 is 0 Å². The molecule has 0 aromatic heterocycles. The predicted octanol–water partition coefficient (Wildman–Crippen LogP) is 3.37. The summed E-state index contributed by atoms with van der Waals surface area (Å²) in [4.78, 5) is 0. The van der Waals surface area contributed by atoms with E-state index in [1.165, 1.54) is 12.8 Å². The van der Waals surface area contributed by atoms with E-state index in [9.17, 15) is 0 Å². The van der Waals surface area contributed by atoms with Gasteiger partial charge < -0.3 is 15.2 Å². The van der Waals surface area contributed by atoms with Crippen molar-refractivity contribution in [2.45, 2.75) is 44.6 Å². The first-order valence-corrected chi connectivity index (χ1v) is 7.18. The summed E-state index contributed by atoms with van der Waals surface area (Å²) < 4.78 is 11.1. The number of hydrogen-bond donors (Lipinski definition) is 1. The van der Waals surface area contributed by atoms with Gasteiger partial charge in [0, 0.05) is 5.54 Å². The lowest BCUT2D eigenvalue weighted by atomic mass is 9.75. The second-order valence-corrected chi connectivity index (χ2v) is 5.81. The summed E-state index contributed by atoms with van der Waals surface area (Å²) >= 11 is 0. The first-order chi connectivity index (χ1) is 9.13. The predicted molar refractivity (Wildman–Crippen MR) is 77.7 cm³/mol. The van der Waals surface area contributed by atoms with Gasteiger partial charge in [0.25, 0.3) is 0 Å². The van der Waals surface area contributed by atoms with E-state index >= 15 is 0 Å². The molecule has 3 nitrogen and oxygen atoms in total. The van der Waals surface area contributed by atoms with Crippen molar-refractivity contribution in [2.75, 3.05) is 13.7 Å². The Kier molecular flexibility index (Phi) is 4.70. The molecule has 1 aromatic rings. The van der Waals surface area contributed by atoms with E-state index in [0.29, 0.717) is 6.61 Å². The minimum atomic E-state index is -0.0420. The number of nitrogens with two attached hydrogens (primary N) is 1. The van der Waals surface area contributed by atoms with Gasteiger partial charge in [0.15, 0.2) is 11.5 Å². The Balaban J connectivity index is 1.86. The monoisotopic (exact) mass is 263 g/mol.